The van der Waals surface area contributed by atoms with Crippen LogP contribution in [-0.2, 0) is 14.3 Å². The van der Waals surface area contributed by atoms with Crippen molar-refractivity contribution in [1.82, 2.24) is 9.80 Å². The average Bonchev–Trinajstić information content (AvgIpc) is 2.85. The van der Waals surface area contributed by atoms with E-state index in [4.69, 9.17) is 9.47 Å². The van der Waals surface area contributed by atoms with E-state index in [1.165, 1.54) is 0 Å². The van der Waals surface area contributed by atoms with Crippen LogP contribution in [0, 0.1) is 0 Å². The van der Waals surface area contributed by atoms with Gasteiger partial charge in [-0.25, -0.2) is 0 Å². The monoisotopic (exact) mass is 334 g/mol. The molecule has 0 saturated heterocycles. The van der Waals surface area contributed by atoms with Gasteiger partial charge in [0.15, 0.2) is 0 Å². The number of nitrogens with zero attached hydrogens (tertiary/aromatic N) is 2. The van der Waals surface area contributed by atoms with Crippen LogP contribution in [-0.4, -0.2) is 74.1 Å². The Kier molecular flexibility index (Phi) is 6.05. The quantitative estimate of drug-likeness (QED) is 0.657. The zero-order chi connectivity index (χ0) is 17.7. The average molecular weight is 334 g/mol. The van der Waals surface area contributed by atoms with E-state index in [0.717, 1.165) is 4.90 Å². The third kappa shape index (κ3) is 3.47. The Morgan fingerprint density at radius 3 is 1.92 bits per heavy atom. The summed E-state index contributed by atoms with van der Waals surface area (Å²) in [7, 11) is 3.10. The molecule has 7 heteroatoms. The van der Waals surface area contributed by atoms with Crippen molar-refractivity contribution >= 4 is 17.7 Å². The molecule has 1 aromatic rings. The van der Waals surface area contributed by atoms with Crippen LogP contribution in [0.15, 0.2) is 24.3 Å². The van der Waals surface area contributed by atoms with Gasteiger partial charge in [-0.3, -0.25) is 19.3 Å². The van der Waals surface area contributed by atoms with Crippen molar-refractivity contribution in [2.24, 2.45) is 0 Å². The summed E-state index contributed by atoms with van der Waals surface area (Å²) in [5.41, 5.74) is 0.671. The van der Waals surface area contributed by atoms with Crippen LogP contribution in [0.25, 0.3) is 0 Å². The van der Waals surface area contributed by atoms with Gasteiger partial charge in [0, 0.05) is 27.3 Å². The van der Waals surface area contributed by atoms with Gasteiger partial charge >= 0.3 is 0 Å². The number of ether oxygens (including phenoxy) is 2. The minimum Gasteiger partial charge on any atom is -0.383 e. The Hall–Kier alpha value is -2.25. The molecule has 1 heterocycles. The number of carbonyl (C=O) groups excluding carboxylic acids is 3. The first-order chi connectivity index (χ1) is 11.5. The van der Waals surface area contributed by atoms with Crippen molar-refractivity contribution in [2.75, 3.05) is 40.5 Å². The Morgan fingerprint density at radius 2 is 1.50 bits per heavy atom. The number of hydrogen-bond donors (Lipinski definition) is 0. The van der Waals surface area contributed by atoms with Crippen LogP contribution in [0.5, 0.6) is 0 Å². The van der Waals surface area contributed by atoms with Crippen molar-refractivity contribution in [2.45, 2.75) is 13.0 Å². The van der Waals surface area contributed by atoms with Gasteiger partial charge in [-0.2, -0.15) is 0 Å². The van der Waals surface area contributed by atoms with E-state index in [-0.39, 0.29) is 5.91 Å². The minimum atomic E-state index is -0.883. The second-order valence-corrected chi connectivity index (χ2v) is 5.51. The molecule has 130 valence electrons. The lowest BCUT2D eigenvalue weighted by Gasteiger charge is -2.29. The molecular formula is C17H22N2O5. The molecule has 2 rings (SSSR count). The first-order valence-electron chi connectivity index (χ1n) is 7.76. The number of rotatable bonds is 8. The molecule has 1 atom stereocenters. The highest BCUT2D eigenvalue weighted by molar-refractivity contribution is 6.22. The highest BCUT2D eigenvalue weighted by atomic mass is 16.5. The summed E-state index contributed by atoms with van der Waals surface area (Å²) >= 11 is 0. The second kappa shape index (κ2) is 8.03. The number of imide groups is 1. The summed E-state index contributed by atoms with van der Waals surface area (Å²) in [5, 5.41) is 0. The number of amides is 3. The molecule has 0 aliphatic carbocycles. The maximum absolute atomic E-state index is 12.8. The largest absolute Gasteiger partial charge is 0.383 e. The zero-order valence-corrected chi connectivity index (χ0v) is 14.2. The fourth-order valence-corrected chi connectivity index (χ4v) is 2.67. The number of hydrogen-bond acceptors (Lipinski definition) is 5. The van der Waals surface area contributed by atoms with Crippen molar-refractivity contribution in [3.63, 3.8) is 0 Å². The van der Waals surface area contributed by atoms with Crippen molar-refractivity contribution < 1.29 is 23.9 Å². The molecular weight excluding hydrogens is 312 g/mol. The fraction of sp³-hybridized carbons (Fsp3) is 0.471. The number of fused-ring (bicyclic) bond motifs is 1. The highest BCUT2D eigenvalue weighted by Gasteiger charge is 2.41. The maximum Gasteiger partial charge on any atom is 0.262 e. The zero-order valence-electron chi connectivity index (χ0n) is 14.2. The molecule has 0 radical (unpaired) electrons. The van der Waals surface area contributed by atoms with Crippen LogP contribution in [0.4, 0.5) is 0 Å². The van der Waals surface area contributed by atoms with Gasteiger partial charge in [-0.1, -0.05) is 12.1 Å². The van der Waals surface area contributed by atoms with E-state index in [0.29, 0.717) is 37.4 Å². The van der Waals surface area contributed by atoms with Gasteiger partial charge in [-0.05, 0) is 19.1 Å². The minimum absolute atomic E-state index is 0.307. The molecule has 1 aliphatic heterocycles. The van der Waals surface area contributed by atoms with Crippen molar-refractivity contribution in [3.05, 3.63) is 35.4 Å². The second-order valence-electron chi connectivity index (χ2n) is 5.51. The van der Waals surface area contributed by atoms with E-state index >= 15 is 0 Å². The van der Waals surface area contributed by atoms with Crippen LogP contribution in [0.1, 0.15) is 27.6 Å². The Morgan fingerprint density at radius 1 is 1.04 bits per heavy atom. The normalized spacial score (nSPS) is 14.7. The maximum atomic E-state index is 12.8. The molecule has 7 nitrogen and oxygen atoms in total. The van der Waals surface area contributed by atoms with E-state index < -0.39 is 17.9 Å². The molecule has 24 heavy (non-hydrogen) atoms. The molecule has 0 spiro atoms. The predicted molar refractivity (Wildman–Crippen MR) is 86.7 cm³/mol. The van der Waals surface area contributed by atoms with Gasteiger partial charge in [0.1, 0.15) is 6.04 Å². The van der Waals surface area contributed by atoms with Crippen molar-refractivity contribution in [1.29, 1.82) is 0 Å². The third-order valence-corrected chi connectivity index (χ3v) is 4.01. The molecule has 0 aromatic heterocycles. The molecule has 1 aliphatic rings. The highest BCUT2D eigenvalue weighted by Crippen LogP contribution is 2.25. The summed E-state index contributed by atoms with van der Waals surface area (Å²) in [5.74, 6) is -1.18. The SMILES string of the molecule is COCCN(CCOC)C(=O)C(C)N1C(=O)c2ccccc2C1=O. The van der Waals surface area contributed by atoms with E-state index in [1.54, 1.807) is 50.3 Å². The van der Waals surface area contributed by atoms with Gasteiger partial charge in [0.2, 0.25) is 5.91 Å². The molecule has 0 N–H and O–H groups in total. The van der Waals surface area contributed by atoms with Crippen LogP contribution >= 0.6 is 0 Å². The molecule has 3 amide bonds. The van der Waals surface area contributed by atoms with Crippen LogP contribution < -0.4 is 0 Å². The Bertz CT molecular complexity index is 588. The standard InChI is InChI=1S/C17H22N2O5/c1-12(15(20)18(8-10-23-2)9-11-24-3)19-16(21)13-6-4-5-7-14(13)17(19)22/h4-7,12H,8-11H2,1-3H3. The Balaban J connectivity index is 2.17. The van der Waals surface area contributed by atoms with Crippen LogP contribution in [0.3, 0.4) is 0 Å². The number of carbonyl (C=O) groups is 3. The molecule has 0 fully saturated rings. The lowest BCUT2D eigenvalue weighted by atomic mass is 10.1. The number of methoxy groups -OCH3 is 2. The van der Waals surface area contributed by atoms with Gasteiger partial charge < -0.3 is 14.4 Å². The molecule has 0 bridgehead atoms. The summed E-state index contributed by atoms with van der Waals surface area (Å²) in [6, 6.07) is 5.71. The molecule has 0 saturated carbocycles. The molecule has 1 unspecified atom stereocenters. The first-order valence-corrected chi connectivity index (χ1v) is 7.76. The van der Waals surface area contributed by atoms with E-state index in [9.17, 15) is 14.4 Å². The third-order valence-electron chi connectivity index (χ3n) is 4.01. The summed E-state index contributed by atoms with van der Waals surface area (Å²) < 4.78 is 10.0. The van der Waals surface area contributed by atoms with Crippen LogP contribution in [0.2, 0.25) is 0 Å². The fourth-order valence-electron chi connectivity index (χ4n) is 2.67. The van der Waals surface area contributed by atoms with E-state index in [1.807, 2.05) is 0 Å². The first kappa shape index (κ1) is 18.1. The predicted octanol–water partition coefficient (Wildman–Crippen LogP) is 0.793. The Labute approximate surface area is 141 Å². The van der Waals surface area contributed by atoms with Gasteiger partial charge in [-0.15, -0.1) is 0 Å². The lowest BCUT2D eigenvalue weighted by molar-refractivity contribution is -0.136. The summed E-state index contributed by atoms with van der Waals surface area (Å²) in [4.78, 5) is 40.3. The smallest absolute Gasteiger partial charge is 0.262 e. The van der Waals surface area contributed by atoms with Gasteiger partial charge in [0.25, 0.3) is 11.8 Å². The molecule has 1 aromatic carbocycles. The topological polar surface area (TPSA) is 76.2 Å². The summed E-state index contributed by atoms with van der Waals surface area (Å²) in [6.45, 7) is 3.03. The lowest BCUT2D eigenvalue weighted by Crippen LogP contribution is -2.50. The van der Waals surface area contributed by atoms with E-state index in [2.05, 4.69) is 0 Å². The van der Waals surface area contributed by atoms with Crippen molar-refractivity contribution in [3.8, 4) is 0 Å². The van der Waals surface area contributed by atoms with Gasteiger partial charge in [0.05, 0.1) is 24.3 Å². The number of benzene rings is 1. The summed E-state index contributed by atoms with van der Waals surface area (Å²) in [6.07, 6.45) is 0.